The lowest BCUT2D eigenvalue weighted by Crippen LogP contribution is -2.30. The summed E-state index contributed by atoms with van der Waals surface area (Å²) in [7, 11) is -0.855. The fraction of sp³-hybridized carbons (Fsp3) is 0.500. The number of nitrogens with one attached hydrogen (secondary N) is 1. The van der Waals surface area contributed by atoms with Gasteiger partial charge in [-0.15, -0.1) is 0 Å². The van der Waals surface area contributed by atoms with Crippen molar-refractivity contribution in [2.45, 2.75) is 17.4 Å². The molecule has 0 bridgehead atoms. The zero-order valence-corrected chi connectivity index (χ0v) is 15.5. The van der Waals surface area contributed by atoms with Crippen LogP contribution in [0.4, 0.5) is 0 Å². The van der Waals surface area contributed by atoms with Crippen LogP contribution in [0.25, 0.3) is 0 Å². The highest BCUT2D eigenvalue weighted by Gasteiger charge is 2.22. The van der Waals surface area contributed by atoms with Crippen LogP contribution in [-0.4, -0.2) is 76.0 Å². The number of aliphatic hydroxyl groups excluding tert-OH is 1. The van der Waals surface area contributed by atoms with Crippen molar-refractivity contribution in [2.24, 2.45) is 5.16 Å². The van der Waals surface area contributed by atoms with E-state index in [4.69, 9.17) is 14.7 Å². The Labute approximate surface area is 152 Å². The highest BCUT2D eigenvalue weighted by Crippen LogP contribution is 2.16. The SMILES string of the molecule is CNC(=O)/C(=N/O[C@@H]1CCOC1)c1ccc(S(=O)(=O)N(C)CCO)cc1. The highest BCUT2D eigenvalue weighted by molar-refractivity contribution is 7.89. The summed E-state index contributed by atoms with van der Waals surface area (Å²) < 4.78 is 31.0. The maximum absolute atomic E-state index is 12.4. The number of likely N-dealkylation sites (N-methyl/N-ethyl adjacent to an activating group) is 2. The quantitative estimate of drug-likeness (QED) is 0.463. The lowest BCUT2D eigenvalue weighted by molar-refractivity contribution is -0.114. The van der Waals surface area contributed by atoms with E-state index >= 15 is 0 Å². The van der Waals surface area contributed by atoms with Gasteiger partial charge in [-0.3, -0.25) is 4.79 Å². The summed E-state index contributed by atoms with van der Waals surface area (Å²) in [5.74, 6) is -0.447. The molecule has 0 saturated carbocycles. The molecule has 0 unspecified atom stereocenters. The first-order valence-corrected chi connectivity index (χ1v) is 9.55. The van der Waals surface area contributed by atoms with Gasteiger partial charge in [0.15, 0.2) is 11.8 Å². The van der Waals surface area contributed by atoms with Gasteiger partial charge >= 0.3 is 0 Å². The van der Waals surface area contributed by atoms with E-state index in [0.29, 0.717) is 25.2 Å². The molecule has 1 heterocycles. The van der Waals surface area contributed by atoms with Gasteiger partial charge < -0.3 is 20.0 Å². The number of benzene rings is 1. The smallest absolute Gasteiger partial charge is 0.273 e. The van der Waals surface area contributed by atoms with E-state index in [1.54, 1.807) is 0 Å². The molecule has 1 aliphatic rings. The van der Waals surface area contributed by atoms with Crippen LogP contribution in [0.15, 0.2) is 34.3 Å². The number of hydrogen-bond donors (Lipinski definition) is 2. The Morgan fingerprint density at radius 2 is 2.12 bits per heavy atom. The standard InChI is InChI=1S/C16H23N3O6S/c1-17-16(21)15(18-25-13-7-10-24-11-13)12-3-5-14(6-4-12)26(22,23)19(2)8-9-20/h3-6,13,20H,7-11H2,1-2H3,(H,17,21)/b18-15+/t13-/m1/s1. The van der Waals surface area contributed by atoms with Gasteiger partial charge in [0.1, 0.15) is 0 Å². The van der Waals surface area contributed by atoms with Gasteiger partial charge in [0.05, 0.1) is 24.7 Å². The Balaban J connectivity index is 2.24. The third kappa shape index (κ3) is 4.79. The van der Waals surface area contributed by atoms with Gasteiger partial charge in [-0.25, -0.2) is 8.42 Å². The minimum atomic E-state index is -3.71. The Bertz CT molecular complexity index is 742. The number of rotatable bonds is 8. The zero-order valence-electron chi connectivity index (χ0n) is 14.7. The Morgan fingerprint density at radius 1 is 1.42 bits per heavy atom. The first-order chi connectivity index (χ1) is 12.4. The van der Waals surface area contributed by atoms with E-state index in [2.05, 4.69) is 10.5 Å². The van der Waals surface area contributed by atoms with Crippen molar-refractivity contribution in [3.8, 4) is 0 Å². The van der Waals surface area contributed by atoms with Crippen LogP contribution in [0.3, 0.4) is 0 Å². The van der Waals surface area contributed by atoms with Gasteiger partial charge in [-0.2, -0.15) is 4.31 Å². The van der Waals surface area contributed by atoms with Crippen LogP contribution in [0.5, 0.6) is 0 Å². The molecular weight excluding hydrogens is 362 g/mol. The molecule has 1 aromatic rings. The third-order valence-corrected chi connectivity index (χ3v) is 5.75. The summed E-state index contributed by atoms with van der Waals surface area (Å²) in [6.45, 7) is 0.720. The van der Waals surface area contributed by atoms with Crippen molar-refractivity contribution in [1.82, 2.24) is 9.62 Å². The molecule has 1 atom stereocenters. The molecule has 144 valence electrons. The predicted molar refractivity (Wildman–Crippen MR) is 94.3 cm³/mol. The molecule has 2 N–H and O–H groups in total. The van der Waals surface area contributed by atoms with Crippen LogP contribution in [0.1, 0.15) is 12.0 Å². The molecule has 0 aromatic heterocycles. The molecular formula is C16H23N3O6S. The number of amides is 1. The molecule has 26 heavy (non-hydrogen) atoms. The number of aliphatic hydroxyl groups is 1. The fourth-order valence-corrected chi connectivity index (χ4v) is 3.45. The highest BCUT2D eigenvalue weighted by atomic mass is 32.2. The molecule has 1 amide bonds. The summed E-state index contributed by atoms with van der Waals surface area (Å²) in [6, 6.07) is 5.75. The molecule has 0 radical (unpaired) electrons. The second-order valence-corrected chi connectivity index (χ2v) is 7.73. The minimum Gasteiger partial charge on any atom is -0.395 e. The summed E-state index contributed by atoms with van der Waals surface area (Å²) in [5.41, 5.74) is 0.471. The second kappa shape index (κ2) is 9.08. The lowest BCUT2D eigenvalue weighted by atomic mass is 10.1. The monoisotopic (exact) mass is 385 g/mol. The van der Waals surface area contributed by atoms with Crippen molar-refractivity contribution in [3.05, 3.63) is 29.8 Å². The lowest BCUT2D eigenvalue weighted by Gasteiger charge is -2.16. The van der Waals surface area contributed by atoms with Gasteiger partial charge in [0.25, 0.3) is 5.91 Å². The number of ether oxygens (including phenoxy) is 1. The van der Waals surface area contributed by atoms with E-state index in [-0.39, 0.29) is 29.9 Å². The molecule has 2 rings (SSSR count). The number of carbonyl (C=O) groups is 1. The van der Waals surface area contributed by atoms with E-state index in [1.165, 1.54) is 38.4 Å². The molecule has 1 saturated heterocycles. The average molecular weight is 385 g/mol. The van der Waals surface area contributed by atoms with Gasteiger partial charge in [-0.1, -0.05) is 17.3 Å². The fourth-order valence-electron chi connectivity index (χ4n) is 2.29. The Hall–Kier alpha value is -2.01. The first kappa shape index (κ1) is 20.3. The normalized spacial score (nSPS) is 18.2. The molecule has 9 nitrogen and oxygen atoms in total. The Kier molecular flexibility index (Phi) is 7.09. The van der Waals surface area contributed by atoms with Crippen molar-refractivity contribution in [2.75, 3.05) is 40.5 Å². The minimum absolute atomic E-state index is 0.00761. The molecule has 10 heteroatoms. The molecule has 0 spiro atoms. The van der Waals surface area contributed by atoms with Crippen molar-refractivity contribution in [1.29, 1.82) is 0 Å². The number of hydrogen-bond acceptors (Lipinski definition) is 7. The maximum Gasteiger partial charge on any atom is 0.273 e. The predicted octanol–water partition coefficient (Wildman–Crippen LogP) is -0.445. The maximum atomic E-state index is 12.4. The molecule has 1 aliphatic heterocycles. The summed E-state index contributed by atoms with van der Waals surface area (Å²) in [6.07, 6.45) is 0.486. The van der Waals surface area contributed by atoms with Gasteiger partial charge in [-0.05, 0) is 12.1 Å². The van der Waals surface area contributed by atoms with Crippen molar-refractivity contribution < 1.29 is 27.9 Å². The van der Waals surface area contributed by atoms with E-state index in [0.717, 1.165) is 4.31 Å². The first-order valence-electron chi connectivity index (χ1n) is 8.11. The molecule has 1 fully saturated rings. The van der Waals surface area contributed by atoms with Crippen LogP contribution in [-0.2, 0) is 24.4 Å². The van der Waals surface area contributed by atoms with Crippen LogP contribution >= 0.6 is 0 Å². The molecule has 1 aromatic carbocycles. The number of nitrogens with zero attached hydrogens (tertiary/aromatic N) is 2. The van der Waals surface area contributed by atoms with E-state index in [9.17, 15) is 13.2 Å². The Morgan fingerprint density at radius 3 is 2.65 bits per heavy atom. The van der Waals surface area contributed by atoms with Crippen LogP contribution in [0.2, 0.25) is 0 Å². The van der Waals surface area contributed by atoms with Crippen LogP contribution in [0, 0.1) is 0 Å². The van der Waals surface area contributed by atoms with E-state index < -0.39 is 15.9 Å². The van der Waals surface area contributed by atoms with Gasteiger partial charge in [0, 0.05) is 32.6 Å². The number of carbonyl (C=O) groups excluding carboxylic acids is 1. The average Bonchev–Trinajstić information content (AvgIpc) is 3.15. The summed E-state index contributed by atoms with van der Waals surface area (Å²) in [4.78, 5) is 17.5. The summed E-state index contributed by atoms with van der Waals surface area (Å²) >= 11 is 0. The number of sulfonamides is 1. The number of oxime groups is 1. The summed E-state index contributed by atoms with van der Waals surface area (Å²) in [5, 5.41) is 15.3. The van der Waals surface area contributed by atoms with Crippen LogP contribution < -0.4 is 5.32 Å². The van der Waals surface area contributed by atoms with Crippen molar-refractivity contribution >= 4 is 21.6 Å². The largest absolute Gasteiger partial charge is 0.395 e. The molecule has 0 aliphatic carbocycles. The third-order valence-electron chi connectivity index (χ3n) is 3.87. The van der Waals surface area contributed by atoms with E-state index in [1.807, 2.05) is 0 Å². The topological polar surface area (TPSA) is 118 Å². The second-order valence-electron chi connectivity index (χ2n) is 5.68. The van der Waals surface area contributed by atoms with Crippen molar-refractivity contribution in [3.63, 3.8) is 0 Å². The zero-order chi connectivity index (χ0) is 19.2. The van der Waals surface area contributed by atoms with Gasteiger partial charge in [0.2, 0.25) is 10.0 Å².